The number of sulfonamides is 1. The number of halogens is 2. The van der Waals surface area contributed by atoms with Gasteiger partial charge in [0.1, 0.15) is 5.82 Å². The van der Waals surface area contributed by atoms with Gasteiger partial charge in [0.2, 0.25) is 10.0 Å². The van der Waals surface area contributed by atoms with Crippen molar-refractivity contribution < 1.29 is 36.3 Å². The summed E-state index contributed by atoms with van der Waals surface area (Å²) in [5.41, 5.74) is -0.272. The Labute approximate surface area is 154 Å². The van der Waals surface area contributed by atoms with Crippen LogP contribution < -0.4 is 9.46 Å². The lowest BCUT2D eigenvalue weighted by molar-refractivity contribution is -0.137. The average molecular weight is 399 g/mol. The Kier molecular flexibility index (Phi) is 6.11. The van der Waals surface area contributed by atoms with E-state index in [9.17, 15) is 26.8 Å². The van der Waals surface area contributed by atoms with Gasteiger partial charge in [-0.3, -0.25) is 9.52 Å². The fourth-order valence-corrected chi connectivity index (χ4v) is 2.59. The highest BCUT2D eigenvalue weighted by Gasteiger charge is 2.21. The van der Waals surface area contributed by atoms with Crippen molar-refractivity contribution in [3.63, 3.8) is 0 Å². The number of carbonyl (C=O) groups excluding carboxylic acids is 2. The molecule has 0 saturated heterocycles. The number of benzene rings is 2. The predicted octanol–water partition coefficient (Wildman–Crippen LogP) is 2.87. The molecule has 7 nitrogen and oxygen atoms in total. The molecule has 0 aromatic heterocycles. The first-order valence-electron chi connectivity index (χ1n) is 7.57. The van der Waals surface area contributed by atoms with Gasteiger partial charge in [0, 0.05) is 11.6 Å². The van der Waals surface area contributed by atoms with Crippen LogP contribution in [0.3, 0.4) is 0 Å². The molecule has 0 aliphatic rings. The Morgan fingerprint density at radius 3 is 2.37 bits per heavy atom. The summed E-state index contributed by atoms with van der Waals surface area (Å²) in [5, 5.41) is 0. The van der Waals surface area contributed by atoms with Crippen LogP contribution in [0.25, 0.3) is 0 Å². The Morgan fingerprint density at radius 1 is 1.07 bits per heavy atom. The summed E-state index contributed by atoms with van der Waals surface area (Å²) >= 11 is 0. The van der Waals surface area contributed by atoms with Crippen LogP contribution in [-0.2, 0) is 19.6 Å². The highest BCUT2D eigenvalue weighted by atomic mass is 32.2. The smallest absolute Gasteiger partial charge is 0.379 e. The minimum absolute atomic E-state index is 0.0115. The van der Waals surface area contributed by atoms with E-state index in [1.807, 2.05) is 0 Å². The van der Waals surface area contributed by atoms with Crippen LogP contribution >= 0.6 is 0 Å². The minimum Gasteiger partial charge on any atom is -0.460 e. The third-order valence-electron chi connectivity index (χ3n) is 3.11. The lowest BCUT2D eigenvalue weighted by Crippen LogP contribution is -2.18. The topological polar surface area (TPSA) is 98.8 Å². The van der Waals surface area contributed by atoms with Gasteiger partial charge >= 0.3 is 5.97 Å². The standard InChI is InChI=1S/C17H15F2NO6S/c1-3-25-17(22)16(21)10-4-6-13(20-27(2,23)24)15(8-10)26-14-7-5-11(18)9-12(14)19/h4-9,20H,3H2,1-2H3. The van der Waals surface area contributed by atoms with E-state index in [-0.39, 0.29) is 23.6 Å². The average Bonchev–Trinajstić information content (AvgIpc) is 2.57. The number of hydrogen-bond acceptors (Lipinski definition) is 6. The van der Waals surface area contributed by atoms with Crippen molar-refractivity contribution >= 4 is 27.5 Å². The summed E-state index contributed by atoms with van der Waals surface area (Å²) in [4.78, 5) is 23.6. The van der Waals surface area contributed by atoms with Crippen LogP contribution in [0.2, 0.25) is 0 Å². The number of Topliss-reactive ketones (excluding diaryl/α,β-unsaturated/α-hetero) is 1. The van der Waals surface area contributed by atoms with Crippen molar-refractivity contribution in [1.29, 1.82) is 0 Å². The summed E-state index contributed by atoms with van der Waals surface area (Å²) in [5.74, 6) is -4.65. The summed E-state index contributed by atoms with van der Waals surface area (Å²) in [6, 6.07) is 5.91. The number of anilines is 1. The molecule has 2 rings (SSSR count). The molecule has 0 aliphatic heterocycles. The van der Waals surface area contributed by atoms with E-state index in [0.717, 1.165) is 24.5 Å². The van der Waals surface area contributed by atoms with Crippen LogP contribution in [0.4, 0.5) is 14.5 Å². The molecule has 0 radical (unpaired) electrons. The van der Waals surface area contributed by atoms with E-state index >= 15 is 0 Å². The first-order valence-corrected chi connectivity index (χ1v) is 9.46. The second-order valence-electron chi connectivity index (χ2n) is 5.31. The Bertz CT molecular complexity index is 991. The molecule has 144 valence electrons. The number of nitrogens with one attached hydrogen (secondary N) is 1. The molecular formula is C17H15F2NO6S. The number of ether oxygens (including phenoxy) is 2. The molecule has 0 amide bonds. The lowest BCUT2D eigenvalue weighted by atomic mass is 10.1. The van der Waals surface area contributed by atoms with Gasteiger partial charge in [0.15, 0.2) is 17.3 Å². The van der Waals surface area contributed by atoms with Crippen LogP contribution in [-0.4, -0.2) is 33.0 Å². The molecular weight excluding hydrogens is 384 g/mol. The molecule has 0 atom stereocenters. The zero-order valence-corrected chi connectivity index (χ0v) is 15.1. The van der Waals surface area contributed by atoms with E-state index in [1.165, 1.54) is 19.1 Å². The molecule has 0 unspecified atom stereocenters. The maximum absolute atomic E-state index is 13.8. The Morgan fingerprint density at radius 2 is 1.78 bits per heavy atom. The third-order valence-corrected chi connectivity index (χ3v) is 3.70. The van der Waals surface area contributed by atoms with Crippen molar-refractivity contribution in [3.8, 4) is 11.5 Å². The maximum atomic E-state index is 13.8. The minimum atomic E-state index is -3.73. The molecule has 0 aliphatic carbocycles. The van der Waals surface area contributed by atoms with Crippen molar-refractivity contribution in [1.82, 2.24) is 0 Å². The SMILES string of the molecule is CCOC(=O)C(=O)c1ccc(NS(C)(=O)=O)c(Oc2ccc(F)cc2F)c1. The zero-order valence-electron chi connectivity index (χ0n) is 14.3. The maximum Gasteiger partial charge on any atom is 0.379 e. The molecule has 2 aromatic carbocycles. The summed E-state index contributed by atoms with van der Waals surface area (Å²) in [6.07, 6.45) is 0.882. The number of esters is 1. The molecule has 2 aromatic rings. The van der Waals surface area contributed by atoms with E-state index in [0.29, 0.717) is 6.07 Å². The van der Waals surface area contributed by atoms with Gasteiger partial charge in [-0.1, -0.05) is 0 Å². The number of rotatable bonds is 7. The van der Waals surface area contributed by atoms with Crippen molar-refractivity contribution in [3.05, 3.63) is 53.6 Å². The number of carbonyl (C=O) groups is 2. The van der Waals surface area contributed by atoms with Gasteiger partial charge in [-0.05, 0) is 37.3 Å². The fourth-order valence-electron chi connectivity index (χ4n) is 2.02. The second kappa shape index (κ2) is 8.12. The quantitative estimate of drug-likeness (QED) is 0.437. The molecule has 27 heavy (non-hydrogen) atoms. The van der Waals surface area contributed by atoms with E-state index in [1.54, 1.807) is 0 Å². The first kappa shape index (κ1) is 20.3. The molecule has 0 saturated carbocycles. The molecule has 1 N–H and O–H groups in total. The van der Waals surface area contributed by atoms with Gasteiger partial charge in [-0.2, -0.15) is 0 Å². The summed E-state index contributed by atoms with van der Waals surface area (Å²) < 4.78 is 61.9. The highest BCUT2D eigenvalue weighted by molar-refractivity contribution is 7.92. The highest BCUT2D eigenvalue weighted by Crippen LogP contribution is 2.33. The summed E-state index contributed by atoms with van der Waals surface area (Å²) in [7, 11) is -3.73. The fraction of sp³-hybridized carbons (Fsp3) is 0.176. The molecule has 0 heterocycles. The Balaban J connectivity index is 2.47. The first-order chi connectivity index (χ1) is 12.6. The van der Waals surface area contributed by atoms with Gasteiger partial charge in [-0.15, -0.1) is 0 Å². The van der Waals surface area contributed by atoms with E-state index < -0.39 is 39.2 Å². The van der Waals surface area contributed by atoms with Crippen LogP contribution in [0, 0.1) is 11.6 Å². The van der Waals surface area contributed by atoms with Crippen LogP contribution in [0.1, 0.15) is 17.3 Å². The molecule has 10 heteroatoms. The number of hydrogen-bond donors (Lipinski definition) is 1. The third kappa shape index (κ3) is 5.48. The Hall–Kier alpha value is -3.01. The normalized spacial score (nSPS) is 11.0. The van der Waals surface area contributed by atoms with Gasteiger partial charge in [0.25, 0.3) is 5.78 Å². The lowest BCUT2D eigenvalue weighted by Gasteiger charge is -2.14. The van der Waals surface area contributed by atoms with Crippen molar-refractivity contribution in [2.24, 2.45) is 0 Å². The monoisotopic (exact) mass is 399 g/mol. The second-order valence-corrected chi connectivity index (χ2v) is 7.06. The van der Waals surface area contributed by atoms with Crippen molar-refractivity contribution in [2.75, 3.05) is 17.6 Å². The van der Waals surface area contributed by atoms with Crippen LogP contribution in [0.5, 0.6) is 11.5 Å². The number of ketones is 1. The van der Waals surface area contributed by atoms with Crippen LogP contribution in [0.15, 0.2) is 36.4 Å². The van der Waals surface area contributed by atoms with E-state index in [4.69, 9.17) is 4.74 Å². The van der Waals surface area contributed by atoms with Gasteiger partial charge in [0.05, 0.1) is 18.6 Å². The molecule has 0 fully saturated rings. The summed E-state index contributed by atoms with van der Waals surface area (Å²) in [6.45, 7) is 1.51. The molecule has 0 spiro atoms. The molecule has 0 bridgehead atoms. The van der Waals surface area contributed by atoms with E-state index in [2.05, 4.69) is 9.46 Å². The van der Waals surface area contributed by atoms with Crippen molar-refractivity contribution in [2.45, 2.75) is 6.92 Å². The van der Waals surface area contributed by atoms with Gasteiger partial charge < -0.3 is 9.47 Å². The largest absolute Gasteiger partial charge is 0.460 e. The zero-order chi connectivity index (χ0) is 20.2. The van der Waals surface area contributed by atoms with Gasteiger partial charge in [-0.25, -0.2) is 22.0 Å². The predicted molar refractivity (Wildman–Crippen MR) is 92.3 cm³/mol.